The molecule has 6 nitrogen and oxygen atoms in total. The van der Waals surface area contributed by atoms with E-state index in [-0.39, 0.29) is 6.04 Å². The van der Waals surface area contributed by atoms with Crippen molar-refractivity contribution in [2.24, 2.45) is 0 Å². The highest BCUT2D eigenvalue weighted by Crippen LogP contribution is 2.26. The first kappa shape index (κ1) is 17.8. The average Bonchev–Trinajstić information content (AvgIpc) is 2.55. The lowest BCUT2D eigenvalue weighted by Crippen LogP contribution is -2.52. The number of hydrogen-bond acceptors (Lipinski definition) is 5. The Balaban J connectivity index is 0.000000595. The zero-order valence-electron chi connectivity index (χ0n) is 13.8. The summed E-state index contributed by atoms with van der Waals surface area (Å²) in [6.45, 7) is 3.81. The first-order valence-electron chi connectivity index (χ1n) is 7.66. The number of pyridine rings is 1. The molecule has 2 N–H and O–H groups in total. The fourth-order valence-electron chi connectivity index (χ4n) is 2.62. The molecule has 0 amide bonds. The molecule has 1 unspecified atom stereocenters. The van der Waals surface area contributed by atoms with Gasteiger partial charge in [0.2, 0.25) is 10.0 Å². The lowest BCUT2D eigenvalue weighted by atomic mass is 10.2. The second-order valence-electron chi connectivity index (χ2n) is 5.52. The van der Waals surface area contributed by atoms with Crippen LogP contribution in [0.2, 0.25) is 0 Å². The van der Waals surface area contributed by atoms with Gasteiger partial charge in [0, 0.05) is 48.8 Å². The topological polar surface area (TPSA) is 74.3 Å². The number of hydrogen-bond donors (Lipinski definition) is 2. The predicted octanol–water partition coefficient (Wildman–Crippen LogP) is 1.05. The molecule has 3 rings (SSSR count). The molecule has 1 aliphatic heterocycles. The van der Waals surface area contributed by atoms with Crippen molar-refractivity contribution in [2.45, 2.75) is 17.9 Å². The first-order chi connectivity index (χ1) is 11.0. The van der Waals surface area contributed by atoms with Crippen LogP contribution in [0.3, 0.4) is 0 Å². The number of aromatic nitrogens is 1. The standard InChI is InChI=1S/C14H17N3O2S.C2H7N/c1-11-9-16-7-8-17(11)20(18,19)14-4-2-3-12-10-15-6-5-13(12)14;1-3-2/h2-6,10-11,16H,7-9H2,1H3;3H,1-2H3. The van der Waals surface area contributed by atoms with Crippen molar-refractivity contribution >= 4 is 20.8 Å². The highest BCUT2D eigenvalue weighted by Gasteiger charge is 2.31. The molecule has 0 saturated carbocycles. The summed E-state index contributed by atoms with van der Waals surface area (Å²) >= 11 is 0. The van der Waals surface area contributed by atoms with Crippen molar-refractivity contribution in [1.82, 2.24) is 19.9 Å². The van der Waals surface area contributed by atoms with Gasteiger partial charge in [0.1, 0.15) is 0 Å². The van der Waals surface area contributed by atoms with Gasteiger partial charge in [0.25, 0.3) is 0 Å². The summed E-state index contributed by atoms with van der Waals surface area (Å²) in [6, 6.07) is 7.04. The maximum absolute atomic E-state index is 12.9. The van der Waals surface area contributed by atoms with Crippen molar-refractivity contribution in [3.63, 3.8) is 0 Å². The molecule has 23 heavy (non-hydrogen) atoms. The van der Waals surface area contributed by atoms with Crippen LogP contribution in [0.15, 0.2) is 41.6 Å². The second kappa shape index (κ2) is 7.83. The largest absolute Gasteiger partial charge is 0.323 e. The molecule has 1 fully saturated rings. The minimum atomic E-state index is -3.47. The van der Waals surface area contributed by atoms with Crippen LogP contribution in [0.25, 0.3) is 10.8 Å². The smallest absolute Gasteiger partial charge is 0.244 e. The predicted molar refractivity (Wildman–Crippen MR) is 93.0 cm³/mol. The van der Waals surface area contributed by atoms with Gasteiger partial charge in [-0.3, -0.25) is 4.98 Å². The van der Waals surface area contributed by atoms with Crippen LogP contribution in [-0.4, -0.2) is 57.5 Å². The number of sulfonamides is 1. The van der Waals surface area contributed by atoms with Gasteiger partial charge >= 0.3 is 0 Å². The van der Waals surface area contributed by atoms with Crippen LogP contribution in [0.4, 0.5) is 0 Å². The van der Waals surface area contributed by atoms with Gasteiger partial charge in [0.05, 0.1) is 4.90 Å². The summed E-state index contributed by atoms with van der Waals surface area (Å²) in [4.78, 5) is 4.41. The molecule has 126 valence electrons. The number of benzene rings is 1. The SMILES string of the molecule is CC1CNCCN1S(=O)(=O)c1cccc2cnccc12.CNC. The Hall–Kier alpha value is -1.54. The van der Waals surface area contributed by atoms with Gasteiger partial charge in [0.15, 0.2) is 0 Å². The lowest BCUT2D eigenvalue weighted by Gasteiger charge is -2.33. The summed E-state index contributed by atoms with van der Waals surface area (Å²) in [5.41, 5.74) is 0. The fraction of sp³-hybridized carbons (Fsp3) is 0.438. The third-order valence-electron chi connectivity index (χ3n) is 3.67. The van der Waals surface area contributed by atoms with Gasteiger partial charge in [-0.15, -0.1) is 0 Å². The maximum atomic E-state index is 12.9. The molecule has 1 saturated heterocycles. The van der Waals surface area contributed by atoms with Gasteiger partial charge in [-0.2, -0.15) is 4.31 Å². The highest BCUT2D eigenvalue weighted by atomic mass is 32.2. The number of nitrogens with zero attached hydrogens (tertiary/aromatic N) is 2. The van der Waals surface area contributed by atoms with E-state index in [1.807, 2.05) is 27.1 Å². The molecule has 1 aromatic carbocycles. The molecule has 0 radical (unpaired) electrons. The van der Waals surface area contributed by atoms with Crippen molar-refractivity contribution in [3.8, 4) is 0 Å². The van der Waals surface area contributed by atoms with Gasteiger partial charge < -0.3 is 10.6 Å². The van der Waals surface area contributed by atoms with E-state index < -0.39 is 10.0 Å². The Kier molecular flexibility index (Phi) is 6.06. The Morgan fingerprint density at radius 1 is 1.30 bits per heavy atom. The zero-order valence-corrected chi connectivity index (χ0v) is 14.6. The van der Waals surface area contributed by atoms with Crippen LogP contribution in [0.1, 0.15) is 6.92 Å². The molecule has 2 heterocycles. The zero-order chi connectivity index (χ0) is 16.9. The normalized spacial score (nSPS) is 19.2. The summed E-state index contributed by atoms with van der Waals surface area (Å²) < 4.78 is 27.4. The van der Waals surface area contributed by atoms with Crippen LogP contribution in [0.5, 0.6) is 0 Å². The summed E-state index contributed by atoms with van der Waals surface area (Å²) in [6.07, 6.45) is 3.32. The lowest BCUT2D eigenvalue weighted by molar-refractivity contribution is 0.284. The van der Waals surface area contributed by atoms with Gasteiger partial charge in [-0.25, -0.2) is 8.42 Å². The van der Waals surface area contributed by atoms with Gasteiger partial charge in [-0.1, -0.05) is 12.1 Å². The molecule has 0 aliphatic carbocycles. The first-order valence-corrected chi connectivity index (χ1v) is 9.10. The van der Waals surface area contributed by atoms with Crippen molar-refractivity contribution in [2.75, 3.05) is 33.7 Å². The minimum absolute atomic E-state index is 0.0363. The number of rotatable bonds is 2. The third-order valence-corrected chi connectivity index (χ3v) is 5.74. The van der Waals surface area contributed by atoms with E-state index in [2.05, 4.69) is 15.6 Å². The van der Waals surface area contributed by atoms with E-state index in [1.54, 1.807) is 34.9 Å². The van der Waals surface area contributed by atoms with E-state index in [4.69, 9.17) is 0 Å². The van der Waals surface area contributed by atoms with E-state index in [9.17, 15) is 8.42 Å². The van der Waals surface area contributed by atoms with Crippen LogP contribution in [-0.2, 0) is 10.0 Å². The van der Waals surface area contributed by atoms with E-state index in [0.29, 0.717) is 24.5 Å². The fourth-order valence-corrected chi connectivity index (χ4v) is 4.47. The van der Waals surface area contributed by atoms with Gasteiger partial charge in [-0.05, 0) is 33.2 Å². The maximum Gasteiger partial charge on any atom is 0.244 e. The van der Waals surface area contributed by atoms with Crippen LogP contribution < -0.4 is 10.6 Å². The van der Waals surface area contributed by atoms with Crippen molar-refractivity contribution < 1.29 is 8.42 Å². The highest BCUT2D eigenvalue weighted by molar-refractivity contribution is 7.89. The number of piperazine rings is 1. The third kappa shape index (κ3) is 3.87. The number of fused-ring (bicyclic) bond motifs is 1. The summed E-state index contributed by atoms with van der Waals surface area (Å²) in [5, 5.41) is 7.53. The Labute approximate surface area is 138 Å². The summed E-state index contributed by atoms with van der Waals surface area (Å²) in [7, 11) is 0.278. The molecular formula is C16H24N4O2S. The monoisotopic (exact) mass is 336 g/mol. The molecule has 7 heteroatoms. The molecule has 2 aromatic rings. The van der Waals surface area contributed by atoms with Crippen molar-refractivity contribution in [1.29, 1.82) is 0 Å². The molecular weight excluding hydrogens is 312 g/mol. The van der Waals surface area contributed by atoms with Crippen LogP contribution >= 0.6 is 0 Å². The van der Waals surface area contributed by atoms with Crippen molar-refractivity contribution in [3.05, 3.63) is 36.7 Å². The molecule has 1 atom stereocenters. The number of nitrogens with one attached hydrogen (secondary N) is 2. The van der Waals surface area contributed by atoms with E-state index in [0.717, 1.165) is 10.8 Å². The Bertz CT molecular complexity index is 743. The minimum Gasteiger partial charge on any atom is -0.323 e. The van der Waals surface area contributed by atoms with E-state index in [1.165, 1.54) is 0 Å². The molecule has 0 bridgehead atoms. The van der Waals surface area contributed by atoms with Crippen LogP contribution in [0, 0.1) is 0 Å². The second-order valence-corrected chi connectivity index (χ2v) is 7.38. The quantitative estimate of drug-likeness (QED) is 0.858. The molecule has 0 spiro atoms. The summed E-state index contributed by atoms with van der Waals surface area (Å²) in [5.74, 6) is 0. The molecule has 1 aliphatic rings. The Morgan fingerprint density at radius 3 is 2.74 bits per heavy atom. The molecule has 1 aromatic heterocycles. The van der Waals surface area contributed by atoms with E-state index >= 15 is 0 Å². The Morgan fingerprint density at radius 2 is 2.04 bits per heavy atom. The average molecular weight is 336 g/mol.